The van der Waals surface area contributed by atoms with E-state index in [1.165, 1.54) is 0 Å². The fourth-order valence-corrected chi connectivity index (χ4v) is 1.34. The standard InChI is InChI=1S/C11H10F3N3O4/c12-4-1-2-5(9(14)8(4)13)16-11(21)17-6(10(19)20)3-7(15)18/h1-2,6H,3H2,(H2,15,18)(H,19,20)(H2,16,17,21). The maximum atomic E-state index is 13.3. The number of rotatable bonds is 5. The second kappa shape index (κ2) is 6.59. The SMILES string of the molecule is NC(=O)CC(NC(=O)Nc1ccc(F)c(F)c1F)C(=O)O. The molecule has 0 aliphatic heterocycles. The number of carbonyl (C=O) groups is 3. The van der Waals surface area contributed by atoms with Crippen molar-refractivity contribution in [1.29, 1.82) is 0 Å². The summed E-state index contributed by atoms with van der Waals surface area (Å²) in [6, 6.07) is -1.55. The van der Waals surface area contributed by atoms with E-state index in [-0.39, 0.29) is 0 Å². The summed E-state index contributed by atoms with van der Waals surface area (Å²) >= 11 is 0. The molecule has 0 spiro atoms. The van der Waals surface area contributed by atoms with Crippen LogP contribution in [0.2, 0.25) is 0 Å². The van der Waals surface area contributed by atoms with Crippen LogP contribution >= 0.6 is 0 Å². The van der Waals surface area contributed by atoms with Crippen molar-refractivity contribution in [2.45, 2.75) is 12.5 Å². The highest BCUT2D eigenvalue weighted by Crippen LogP contribution is 2.19. The van der Waals surface area contributed by atoms with Crippen molar-refractivity contribution in [2.75, 3.05) is 5.32 Å². The van der Waals surface area contributed by atoms with Crippen molar-refractivity contribution < 1.29 is 32.7 Å². The number of benzene rings is 1. The summed E-state index contributed by atoms with van der Waals surface area (Å²) in [5.74, 6) is -7.42. The van der Waals surface area contributed by atoms with Crippen molar-refractivity contribution in [3.63, 3.8) is 0 Å². The van der Waals surface area contributed by atoms with E-state index in [2.05, 4.69) is 0 Å². The van der Waals surface area contributed by atoms with E-state index in [1.54, 1.807) is 5.32 Å². The van der Waals surface area contributed by atoms with Gasteiger partial charge in [-0.1, -0.05) is 0 Å². The van der Waals surface area contributed by atoms with Gasteiger partial charge >= 0.3 is 12.0 Å². The number of carboxylic acid groups (broad SMARTS) is 1. The molecule has 0 bridgehead atoms. The van der Waals surface area contributed by atoms with Gasteiger partial charge in [0.1, 0.15) is 6.04 Å². The van der Waals surface area contributed by atoms with Crippen LogP contribution in [0.25, 0.3) is 0 Å². The minimum atomic E-state index is -1.79. The Morgan fingerprint density at radius 2 is 1.81 bits per heavy atom. The average Bonchev–Trinajstić information content (AvgIpc) is 2.38. The van der Waals surface area contributed by atoms with Gasteiger partial charge in [0.25, 0.3) is 0 Å². The molecule has 0 saturated heterocycles. The van der Waals surface area contributed by atoms with Gasteiger partial charge in [0, 0.05) is 0 Å². The van der Waals surface area contributed by atoms with Gasteiger partial charge in [-0.25, -0.2) is 22.8 Å². The first-order valence-corrected chi connectivity index (χ1v) is 5.44. The molecule has 1 atom stereocenters. The van der Waals surface area contributed by atoms with Crippen LogP contribution in [0.1, 0.15) is 6.42 Å². The van der Waals surface area contributed by atoms with Gasteiger partial charge in [-0.2, -0.15) is 0 Å². The summed E-state index contributed by atoms with van der Waals surface area (Å²) in [4.78, 5) is 32.8. The van der Waals surface area contributed by atoms with Crippen LogP contribution in [-0.4, -0.2) is 29.1 Å². The number of carbonyl (C=O) groups excluding carboxylic acids is 2. The number of anilines is 1. The number of urea groups is 1. The Balaban J connectivity index is 2.79. The van der Waals surface area contributed by atoms with E-state index in [0.717, 1.165) is 6.07 Å². The minimum absolute atomic E-state index is 0.576. The maximum absolute atomic E-state index is 13.3. The fourth-order valence-electron chi connectivity index (χ4n) is 1.34. The Hall–Kier alpha value is -2.78. The molecule has 0 aromatic heterocycles. The Morgan fingerprint density at radius 3 is 2.33 bits per heavy atom. The topological polar surface area (TPSA) is 122 Å². The molecule has 1 aromatic carbocycles. The van der Waals surface area contributed by atoms with Gasteiger partial charge in [0.05, 0.1) is 12.1 Å². The smallest absolute Gasteiger partial charge is 0.326 e. The summed E-state index contributed by atoms with van der Waals surface area (Å²) in [5.41, 5.74) is 4.10. The van der Waals surface area contributed by atoms with Crippen LogP contribution in [0, 0.1) is 17.5 Å². The molecule has 1 unspecified atom stereocenters. The lowest BCUT2D eigenvalue weighted by atomic mass is 10.2. The predicted octanol–water partition coefficient (Wildman–Crippen LogP) is 0.554. The molecule has 0 saturated carbocycles. The molecule has 114 valence electrons. The zero-order valence-corrected chi connectivity index (χ0v) is 10.3. The zero-order valence-electron chi connectivity index (χ0n) is 10.3. The number of hydrogen-bond acceptors (Lipinski definition) is 3. The van der Waals surface area contributed by atoms with E-state index in [0.29, 0.717) is 6.07 Å². The monoisotopic (exact) mass is 305 g/mol. The molecule has 3 amide bonds. The Kier molecular flexibility index (Phi) is 5.11. The van der Waals surface area contributed by atoms with E-state index in [4.69, 9.17) is 10.8 Å². The van der Waals surface area contributed by atoms with Crippen LogP contribution in [0.4, 0.5) is 23.7 Å². The largest absolute Gasteiger partial charge is 0.480 e. The number of aliphatic carboxylic acids is 1. The zero-order chi connectivity index (χ0) is 16.2. The van der Waals surface area contributed by atoms with Crippen LogP contribution in [-0.2, 0) is 9.59 Å². The Morgan fingerprint density at radius 1 is 1.19 bits per heavy atom. The molecule has 0 aliphatic carbocycles. The quantitative estimate of drug-likeness (QED) is 0.593. The van der Waals surface area contributed by atoms with Crippen LogP contribution in [0.5, 0.6) is 0 Å². The molecule has 7 nitrogen and oxygen atoms in total. The highest BCUT2D eigenvalue weighted by atomic mass is 19.2. The highest BCUT2D eigenvalue weighted by Gasteiger charge is 2.23. The lowest BCUT2D eigenvalue weighted by Gasteiger charge is -2.14. The molecular formula is C11H10F3N3O4. The molecule has 21 heavy (non-hydrogen) atoms. The van der Waals surface area contributed by atoms with Crippen molar-refractivity contribution in [3.8, 4) is 0 Å². The average molecular weight is 305 g/mol. The minimum Gasteiger partial charge on any atom is -0.480 e. The third kappa shape index (κ3) is 4.37. The van der Waals surface area contributed by atoms with Crippen LogP contribution in [0.3, 0.4) is 0 Å². The summed E-state index contributed by atoms with van der Waals surface area (Å²) in [6.45, 7) is 0. The number of primary amides is 1. The normalized spacial score (nSPS) is 11.6. The lowest BCUT2D eigenvalue weighted by Crippen LogP contribution is -2.45. The van der Waals surface area contributed by atoms with Gasteiger partial charge < -0.3 is 21.5 Å². The second-order valence-corrected chi connectivity index (χ2v) is 3.88. The van der Waals surface area contributed by atoms with E-state index in [9.17, 15) is 27.6 Å². The Bertz CT molecular complexity index is 594. The summed E-state index contributed by atoms with van der Waals surface area (Å²) in [6.07, 6.45) is -0.691. The van der Waals surface area contributed by atoms with Gasteiger partial charge in [-0.15, -0.1) is 0 Å². The molecular weight excluding hydrogens is 295 g/mol. The second-order valence-electron chi connectivity index (χ2n) is 3.88. The maximum Gasteiger partial charge on any atom is 0.326 e. The summed E-state index contributed by atoms with van der Waals surface area (Å²) < 4.78 is 38.9. The number of nitrogens with two attached hydrogens (primary N) is 1. The molecule has 1 rings (SSSR count). The summed E-state index contributed by atoms with van der Waals surface area (Å²) in [5, 5.41) is 12.4. The van der Waals surface area contributed by atoms with Crippen molar-refractivity contribution in [1.82, 2.24) is 5.32 Å². The third-order valence-corrected chi connectivity index (χ3v) is 2.29. The fraction of sp³-hybridized carbons (Fsp3) is 0.182. The van der Waals surface area contributed by atoms with Crippen molar-refractivity contribution >= 4 is 23.6 Å². The van der Waals surface area contributed by atoms with E-state index >= 15 is 0 Å². The van der Waals surface area contributed by atoms with Gasteiger partial charge in [-0.3, -0.25) is 4.79 Å². The van der Waals surface area contributed by atoms with Gasteiger partial charge in [0.2, 0.25) is 5.91 Å². The van der Waals surface area contributed by atoms with E-state index < -0.39 is 53.5 Å². The molecule has 1 aromatic rings. The van der Waals surface area contributed by atoms with Crippen LogP contribution in [0.15, 0.2) is 12.1 Å². The first kappa shape index (κ1) is 16.3. The molecule has 5 N–H and O–H groups in total. The number of hydrogen-bond donors (Lipinski definition) is 4. The van der Waals surface area contributed by atoms with Gasteiger partial charge in [-0.05, 0) is 12.1 Å². The summed E-state index contributed by atoms with van der Waals surface area (Å²) in [7, 11) is 0. The molecule has 10 heteroatoms. The number of amides is 3. The first-order valence-electron chi connectivity index (χ1n) is 5.44. The number of halogens is 3. The molecule has 0 heterocycles. The molecule has 0 radical (unpaired) electrons. The first-order chi connectivity index (χ1) is 9.72. The predicted molar refractivity (Wildman–Crippen MR) is 63.7 cm³/mol. The highest BCUT2D eigenvalue weighted by molar-refractivity contribution is 5.93. The van der Waals surface area contributed by atoms with E-state index in [1.807, 2.05) is 5.32 Å². The number of carboxylic acids is 1. The van der Waals surface area contributed by atoms with Crippen molar-refractivity contribution in [2.24, 2.45) is 5.73 Å². The van der Waals surface area contributed by atoms with Crippen molar-refractivity contribution in [3.05, 3.63) is 29.6 Å². The lowest BCUT2D eigenvalue weighted by molar-refractivity contribution is -0.140. The van der Waals surface area contributed by atoms with Crippen LogP contribution < -0.4 is 16.4 Å². The Labute approximate surface area is 115 Å². The number of nitrogens with one attached hydrogen (secondary N) is 2. The molecule has 0 fully saturated rings. The molecule has 0 aliphatic rings. The third-order valence-electron chi connectivity index (χ3n) is 2.29. The van der Waals surface area contributed by atoms with Gasteiger partial charge in [0.15, 0.2) is 17.5 Å².